The highest BCUT2D eigenvalue weighted by Gasteiger charge is 2.15. The minimum atomic E-state index is -0.462. The lowest BCUT2D eigenvalue weighted by Gasteiger charge is -2.19. The largest absolute Gasteiger partial charge is 0.377 e. The van der Waals surface area contributed by atoms with Crippen molar-refractivity contribution in [2.75, 3.05) is 24.6 Å². The Hall–Kier alpha value is -2.93. The van der Waals surface area contributed by atoms with Gasteiger partial charge in [0.15, 0.2) is 0 Å². The average Bonchev–Trinajstić information content (AvgIpc) is 3.07. The summed E-state index contributed by atoms with van der Waals surface area (Å²) in [5.41, 5.74) is 8.47. The van der Waals surface area contributed by atoms with Gasteiger partial charge in [0.05, 0.1) is 23.7 Å². The number of benzene rings is 1. The van der Waals surface area contributed by atoms with Gasteiger partial charge in [-0.15, -0.1) is 0 Å². The molecule has 7 nitrogen and oxygen atoms in total. The lowest BCUT2D eigenvalue weighted by Crippen LogP contribution is -2.22. The van der Waals surface area contributed by atoms with Crippen molar-refractivity contribution in [2.24, 2.45) is 5.73 Å². The summed E-state index contributed by atoms with van der Waals surface area (Å²) in [5, 5.41) is 0. The molecule has 0 aliphatic carbocycles. The third-order valence-corrected chi connectivity index (χ3v) is 4.89. The van der Waals surface area contributed by atoms with Crippen LogP contribution in [0.25, 0.3) is 22.4 Å². The van der Waals surface area contributed by atoms with Crippen molar-refractivity contribution in [3.63, 3.8) is 0 Å². The first-order chi connectivity index (χ1) is 13.9. The average molecular weight is 396 g/mol. The van der Waals surface area contributed by atoms with Crippen LogP contribution in [-0.4, -0.2) is 46.2 Å². The van der Waals surface area contributed by atoms with Crippen molar-refractivity contribution in [3.05, 3.63) is 42.1 Å². The first-order valence-corrected chi connectivity index (χ1v) is 10.1. The summed E-state index contributed by atoms with van der Waals surface area (Å²) in [6.45, 7) is 11.3. The van der Waals surface area contributed by atoms with Crippen LogP contribution in [0.4, 0.5) is 5.82 Å². The quantitative estimate of drug-likeness (QED) is 0.599. The van der Waals surface area contributed by atoms with Crippen LogP contribution < -0.4 is 10.6 Å². The summed E-state index contributed by atoms with van der Waals surface area (Å²) in [4.78, 5) is 23.2. The molecule has 0 bridgehead atoms. The molecule has 2 aromatic heterocycles. The summed E-state index contributed by atoms with van der Waals surface area (Å²) >= 11 is 0. The van der Waals surface area contributed by atoms with Crippen LogP contribution in [0.15, 0.2) is 36.5 Å². The third-order valence-electron chi connectivity index (χ3n) is 4.89. The van der Waals surface area contributed by atoms with Gasteiger partial charge in [0.2, 0.25) is 5.91 Å². The van der Waals surface area contributed by atoms with Crippen molar-refractivity contribution in [3.8, 4) is 11.4 Å². The van der Waals surface area contributed by atoms with E-state index in [-0.39, 0.29) is 6.10 Å². The fraction of sp³-hybridized carbons (Fsp3) is 0.409. The van der Waals surface area contributed by atoms with Crippen LogP contribution in [0.1, 0.15) is 38.1 Å². The van der Waals surface area contributed by atoms with Crippen molar-refractivity contribution in [1.29, 1.82) is 0 Å². The second-order valence-electron chi connectivity index (χ2n) is 7.15. The number of hydrogen-bond donors (Lipinski definition) is 1. The van der Waals surface area contributed by atoms with E-state index >= 15 is 0 Å². The van der Waals surface area contributed by atoms with Gasteiger partial charge in [0.25, 0.3) is 0 Å². The Labute approximate surface area is 171 Å². The van der Waals surface area contributed by atoms with Gasteiger partial charge >= 0.3 is 0 Å². The number of amides is 1. The highest BCUT2D eigenvalue weighted by molar-refractivity contribution is 5.96. The summed E-state index contributed by atoms with van der Waals surface area (Å²) in [7, 11) is 0. The van der Waals surface area contributed by atoms with E-state index in [1.165, 1.54) is 0 Å². The van der Waals surface area contributed by atoms with Crippen molar-refractivity contribution in [2.45, 2.75) is 40.3 Å². The number of nitrogens with zero attached hydrogens (tertiary/aromatic N) is 4. The SMILES string of the molecule is CCN(CC)c1ccc(-c2nc3cc(C(N)=O)ccc3n2CCOC(C)C)cn1. The van der Waals surface area contributed by atoms with Crippen molar-refractivity contribution >= 4 is 22.8 Å². The Kier molecular flexibility index (Phi) is 6.49. The van der Waals surface area contributed by atoms with Crippen LogP contribution in [0.2, 0.25) is 0 Å². The van der Waals surface area contributed by atoms with Gasteiger partial charge in [0, 0.05) is 37.0 Å². The number of fused-ring (bicyclic) bond motifs is 1. The molecule has 3 aromatic rings. The highest BCUT2D eigenvalue weighted by Crippen LogP contribution is 2.26. The minimum Gasteiger partial charge on any atom is -0.377 e. The predicted molar refractivity (Wildman–Crippen MR) is 116 cm³/mol. The zero-order valence-electron chi connectivity index (χ0n) is 17.6. The van der Waals surface area contributed by atoms with E-state index in [0.717, 1.165) is 41.3 Å². The standard InChI is InChI=1S/C22H29N5O2/c1-5-26(6-2)20-10-8-17(14-24-20)22-25-18-13-16(21(23)28)7-9-19(18)27(22)11-12-29-15(3)4/h7-10,13-15H,5-6,11-12H2,1-4H3,(H2,23,28). The molecule has 2 heterocycles. The molecule has 0 saturated carbocycles. The summed E-state index contributed by atoms with van der Waals surface area (Å²) in [6, 6.07) is 9.41. The fourth-order valence-corrected chi connectivity index (χ4v) is 3.36. The molecule has 0 aliphatic rings. The topological polar surface area (TPSA) is 86.3 Å². The molecule has 0 unspecified atom stereocenters. The molecule has 29 heavy (non-hydrogen) atoms. The lowest BCUT2D eigenvalue weighted by molar-refractivity contribution is 0.0735. The molecule has 2 N–H and O–H groups in total. The third kappa shape index (κ3) is 4.56. The maximum atomic E-state index is 11.6. The number of carbonyl (C=O) groups excluding carboxylic acids is 1. The Morgan fingerprint density at radius 1 is 1.21 bits per heavy atom. The number of hydrogen-bond acceptors (Lipinski definition) is 5. The molecule has 154 valence electrons. The molecular formula is C22H29N5O2. The first-order valence-electron chi connectivity index (χ1n) is 10.1. The lowest BCUT2D eigenvalue weighted by atomic mass is 10.2. The number of rotatable bonds is 9. The second kappa shape index (κ2) is 9.05. The predicted octanol–water partition coefficient (Wildman–Crippen LogP) is 3.47. The van der Waals surface area contributed by atoms with Crippen LogP contribution in [-0.2, 0) is 11.3 Å². The number of primary amides is 1. The number of anilines is 1. The fourth-order valence-electron chi connectivity index (χ4n) is 3.36. The summed E-state index contributed by atoms with van der Waals surface area (Å²) in [6.07, 6.45) is 2.01. The molecule has 1 aromatic carbocycles. The number of aromatic nitrogens is 3. The van der Waals surface area contributed by atoms with E-state index < -0.39 is 5.91 Å². The Morgan fingerprint density at radius 2 is 1.97 bits per heavy atom. The maximum Gasteiger partial charge on any atom is 0.248 e. The number of imidazole rings is 1. The second-order valence-corrected chi connectivity index (χ2v) is 7.15. The Bertz CT molecular complexity index is 975. The van der Waals surface area contributed by atoms with Crippen LogP contribution in [0.5, 0.6) is 0 Å². The molecule has 7 heteroatoms. The molecule has 0 radical (unpaired) electrons. The van der Waals surface area contributed by atoms with Crippen LogP contribution >= 0.6 is 0 Å². The number of nitrogens with two attached hydrogens (primary N) is 1. The monoisotopic (exact) mass is 395 g/mol. The molecule has 0 saturated heterocycles. The van der Waals surface area contributed by atoms with Crippen LogP contribution in [0.3, 0.4) is 0 Å². The van der Waals surface area contributed by atoms with E-state index in [2.05, 4.69) is 28.3 Å². The molecule has 3 rings (SSSR count). The van der Waals surface area contributed by atoms with Gasteiger partial charge < -0.3 is 19.9 Å². The summed E-state index contributed by atoms with van der Waals surface area (Å²) < 4.78 is 7.86. The van der Waals surface area contributed by atoms with Gasteiger partial charge in [-0.05, 0) is 58.0 Å². The number of pyridine rings is 1. The van der Waals surface area contributed by atoms with Crippen molar-refractivity contribution in [1.82, 2.24) is 14.5 Å². The first kappa shape index (κ1) is 20.8. The van der Waals surface area contributed by atoms with E-state index in [9.17, 15) is 4.79 Å². The van der Waals surface area contributed by atoms with Gasteiger partial charge in [-0.3, -0.25) is 4.79 Å². The van der Waals surface area contributed by atoms with Crippen LogP contribution in [0, 0.1) is 0 Å². The number of ether oxygens (including phenoxy) is 1. The van der Waals surface area contributed by atoms with Gasteiger partial charge in [-0.25, -0.2) is 9.97 Å². The molecule has 0 atom stereocenters. The van der Waals surface area contributed by atoms with E-state index in [0.29, 0.717) is 18.7 Å². The van der Waals surface area contributed by atoms with Gasteiger partial charge in [-0.2, -0.15) is 0 Å². The highest BCUT2D eigenvalue weighted by atomic mass is 16.5. The zero-order chi connectivity index (χ0) is 21.0. The van der Waals surface area contributed by atoms with E-state index in [4.69, 9.17) is 15.5 Å². The van der Waals surface area contributed by atoms with Gasteiger partial charge in [0.1, 0.15) is 11.6 Å². The van der Waals surface area contributed by atoms with E-state index in [1.807, 2.05) is 38.2 Å². The molecule has 1 amide bonds. The van der Waals surface area contributed by atoms with Gasteiger partial charge in [-0.1, -0.05) is 0 Å². The van der Waals surface area contributed by atoms with Crippen molar-refractivity contribution < 1.29 is 9.53 Å². The molecule has 0 spiro atoms. The smallest absolute Gasteiger partial charge is 0.248 e. The summed E-state index contributed by atoms with van der Waals surface area (Å²) in [5.74, 6) is 1.28. The minimum absolute atomic E-state index is 0.157. The molecule has 0 aliphatic heterocycles. The van der Waals surface area contributed by atoms with E-state index in [1.54, 1.807) is 12.1 Å². The molecular weight excluding hydrogens is 366 g/mol. The normalized spacial score (nSPS) is 11.3. The maximum absolute atomic E-state index is 11.6. The Balaban J connectivity index is 2.03. The Morgan fingerprint density at radius 3 is 2.55 bits per heavy atom. The zero-order valence-corrected chi connectivity index (χ0v) is 17.6. The number of carbonyl (C=O) groups is 1. The molecule has 0 fully saturated rings.